The smallest absolute Gasteiger partial charge is 0.244 e. The van der Waals surface area contributed by atoms with Crippen LogP contribution in [0.4, 0.5) is 5.69 Å². The number of nitrogens with zero attached hydrogens (tertiary/aromatic N) is 1. The lowest BCUT2D eigenvalue weighted by Crippen LogP contribution is -2.55. The van der Waals surface area contributed by atoms with Crippen molar-refractivity contribution in [2.24, 2.45) is 11.8 Å². The molecule has 3 aliphatic rings. The molecule has 0 saturated carbocycles. The number of carbonyl (C=O) groups excluding carboxylic acids is 3. The van der Waals surface area contributed by atoms with E-state index in [1.165, 1.54) is 4.90 Å². The van der Waals surface area contributed by atoms with Gasteiger partial charge in [-0.15, -0.1) is 11.8 Å². The third-order valence-corrected chi connectivity index (χ3v) is 8.61. The maximum absolute atomic E-state index is 13.5. The predicted octanol–water partition coefficient (Wildman–Crippen LogP) is 1.62. The van der Waals surface area contributed by atoms with Crippen LogP contribution in [0.1, 0.15) is 33.6 Å². The predicted molar refractivity (Wildman–Crippen MR) is 116 cm³/mol. The summed E-state index contributed by atoms with van der Waals surface area (Å²) in [5.41, 5.74) is 0.694. The highest BCUT2D eigenvalue weighted by Crippen LogP contribution is 2.71. The molecule has 162 valence electrons. The van der Waals surface area contributed by atoms with Gasteiger partial charge in [-0.1, -0.05) is 18.2 Å². The van der Waals surface area contributed by atoms with Gasteiger partial charge in [0.05, 0.1) is 23.2 Å². The molecule has 5 atom stereocenters. The van der Waals surface area contributed by atoms with Gasteiger partial charge in [0.2, 0.25) is 17.7 Å². The maximum atomic E-state index is 13.5. The van der Waals surface area contributed by atoms with Gasteiger partial charge in [0.15, 0.2) is 0 Å². The standard InChI is InChI=1S/C22H29N3O4S/c1-13(2)23-19(28)17-22-10-9-21(3,30-22)15(16(22)20(29)25(17)11-12-26)18(27)24-14-7-5-4-6-8-14/h4-8,13,15-17,26H,9-12H2,1-3H3,(H,23,28)(H,24,27)/t15-,16-,17?,21+,22?/m0/s1. The average molecular weight is 432 g/mol. The average Bonchev–Trinajstić information content (AvgIpc) is 3.24. The fourth-order valence-electron chi connectivity index (χ4n) is 5.58. The van der Waals surface area contributed by atoms with Crippen molar-refractivity contribution in [2.45, 2.75) is 55.2 Å². The van der Waals surface area contributed by atoms with E-state index in [0.717, 1.165) is 6.42 Å². The number of aliphatic hydroxyl groups is 1. The summed E-state index contributed by atoms with van der Waals surface area (Å²) in [5, 5.41) is 15.5. The normalized spacial score (nSPS) is 34.4. The molecule has 2 bridgehead atoms. The van der Waals surface area contributed by atoms with Crippen LogP contribution in [0, 0.1) is 11.8 Å². The lowest BCUT2D eigenvalue weighted by molar-refractivity contribution is -0.140. The molecule has 3 aliphatic heterocycles. The molecule has 1 aromatic carbocycles. The maximum Gasteiger partial charge on any atom is 0.244 e. The Balaban J connectivity index is 1.70. The van der Waals surface area contributed by atoms with Gasteiger partial charge >= 0.3 is 0 Å². The molecule has 7 nitrogen and oxygen atoms in total. The molecule has 0 aromatic heterocycles. The van der Waals surface area contributed by atoms with Gasteiger partial charge in [0.1, 0.15) is 6.04 Å². The Morgan fingerprint density at radius 2 is 1.93 bits per heavy atom. The summed E-state index contributed by atoms with van der Waals surface area (Å²) in [6.07, 6.45) is 1.48. The van der Waals surface area contributed by atoms with Crippen molar-refractivity contribution in [3.8, 4) is 0 Å². The SMILES string of the molecule is CC(C)NC(=O)C1N(CCO)C(=O)[C@@H]2[C@@H](C(=O)Nc3ccccc3)[C@@]3(C)CCC12S3. The number of hydrogen-bond donors (Lipinski definition) is 3. The van der Waals surface area contributed by atoms with Gasteiger partial charge in [-0.2, -0.15) is 0 Å². The minimum atomic E-state index is -0.675. The molecule has 1 spiro atoms. The van der Waals surface area contributed by atoms with Crippen LogP contribution in [0.5, 0.6) is 0 Å². The van der Waals surface area contributed by atoms with Crippen LogP contribution < -0.4 is 10.6 Å². The van der Waals surface area contributed by atoms with Crippen molar-refractivity contribution in [3.05, 3.63) is 30.3 Å². The first-order valence-corrected chi connectivity index (χ1v) is 11.3. The number of benzene rings is 1. The quantitative estimate of drug-likeness (QED) is 0.636. The Bertz CT molecular complexity index is 863. The molecular weight excluding hydrogens is 402 g/mol. The Hall–Kier alpha value is -2.06. The summed E-state index contributed by atoms with van der Waals surface area (Å²) >= 11 is 1.63. The van der Waals surface area contributed by atoms with Crippen LogP contribution in [0.15, 0.2) is 30.3 Å². The van der Waals surface area contributed by atoms with Gasteiger partial charge in [-0.25, -0.2) is 0 Å². The number of aliphatic hydroxyl groups excluding tert-OH is 1. The monoisotopic (exact) mass is 431 g/mol. The topological polar surface area (TPSA) is 98.7 Å². The minimum Gasteiger partial charge on any atom is -0.395 e. The van der Waals surface area contributed by atoms with E-state index in [4.69, 9.17) is 0 Å². The molecule has 3 N–H and O–H groups in total. The molecule has 3 heterocycles. The van der Waals surface area contributed by atoms with E-state index in [2.05, 4.69) is 10.6 Å². The molecule has 0 aliphatic carbocycles. The minimum absolute atomic E-state index is 0.0598. The molecule has 3 saturated heterocycles. The highest BCUT2D eigenvalue weighted by molar-refractivity contribution is 8.02. The van der Waals surface area contributed by atoms with Crippen LogP contribution in [-0.4, -0.2) is 62.5 Å². The first kappa shape index (κ1) is 21.2. The molecule has 0 radical (unpaired) electrons. The number of anilines is 1. The van der Waals surface area contributed by atoms with Gasteiger partial charge in [-0.05, 0) is 45.7 Å². The number of amides is 3. The second-order valence-electron chi connectivity index (χ2n) is 9.00. The largest absolute Gasteiger partial charge is 0.395 e. The van der Waals surface area contributed by atoms with Crippen LogP contribution in [0.3, 0.4) is 0 Å². The number of thioether (sulfide) groups is 1. The Labute approximate surface area is 181 Å². The fourth-order valence-corrected chi connectivity index (χ4v) is 7.94. The van der Waals surface area contributed by atoms with E-state index in [9.17, 15) is 19.5 Å². The van der Waals surface area contributed by atoms with Crippen LogP contribution in [-0.2, 0) is 14.4 Å². The first-order valence-electron chi connectivity index (χ1n) is 10.5. The van der Waals surface area contributed by atoms with E-state index < -0.39 is 27.4 Å². The summed E-state index contributed by atoms with van der Waals surface area (Å²) in [6, 6.07) is 8.49. The molecule has 8 heteroatoms. The Morgan fingerprint density at radius 1 is 1.23 bits per heavy atom. The third kappa shape index (κ3) is 3.12. The molecule has 3 amide bonds. The van der Waals surface area contributed by atoms with Crippen molar-refractivity contribution in [1.29, 1.82) is 0 Å². The van der Waals surface area contributed by atoms with Crippen LogP contribution in [0.25, 0.3) is 0 Å². The Morgan fingerprint density at radius 3 is 2.57 bits per heavy atom. The van der Waals surface area contributed by atoms with Crippen LogP contribution >= 0.6 is 11.8 Å². The fraction of sp³-hybridized carbons (Fsp3) is 0.591. The van der Waals surface area contributed by atoms with Gasteiger partial charge in [0, 0.05) is 23.0 Å². The van der Waals surface area contributed by atoms with E-state index in [1.807, 2.05) is 51.1 Å². The summed E-state index contributed by atoms with van der Waals surface area (Å²) in [5.74, 6) is -1.67. The molecule has 3 fully saturated rings. The van der Waals surface area contributed by atoms with Crippen molar-refractivity contribution in [2.75, 3.05) is 18.5 Å². The second kappa shape index (κ2) is 7.57. The van der Waals surface area contributed by atoms with E-state index in [1.54, 1.807) is 11.8 Å². The zero-order chi connectivity index (χ0) is 21.7. The number of carbonyl (C=O) groups is 3. The van der Waals surface area contributed by atoms with E-state index in [-0.39, 0.29) is 36.9 Å². The molecule has 1 aromatic rings. The summed E-state index contributed by atoms with van der Waals surface area (Å²) in [7, 11) is 0. The van der Waals surface area contributed by atoms with E-state index in [0.29, 0.717) is 12.1 Å². The molecule has 4 rings (SSSR count). The number of β-amino-alcohol motifs (C(OH)–C–C–N with tert-alkyl or cyclic N) is 1. The molecule has 30 heavy (non-hydrogen) atoms. The number of rotatable bonds is 6. The van der Waals surface area contributed by atoms with Gasteiger partial charge in [-0.3, -0.25) is 14.4 Å². The number of nitrogens with one attached hydrogen (secondary N) is 2. The summed E-state index contributed by atoms with van der Waals surface area (Å²) in [4.78, 5) is 41.6. The zero-order valence-corrected chi connectivity index (χ0v) is 18.4. The molecular formula is C22H29N3O4S. The highest BCUT2D eigenvalue weighted by atomic mass is 32.2. The number of hydrogen-bond acceptors (Lipinski definition) is 5. The van der Waals surface area contributed by atoms with Crippen molar-refractivity contribution < 1.29 is 19.5 Å². The third-order valence-electron chi connectivity index (χ3n) is 6.62. The lowest BCUT2D eigenvalue weighted by atomic mass is 9.66. The number of para-hydroxylation sites is 1. The highest BCUT2D eigenvalue weighted by Gasteiger charge is 2.77. The van der Waals surface area contributed by atoms with Crippen molar-refractivity contribution in [3.63, 3.8) is 0 Å². The summed E-state index contributed by atoms with van der Waals surface area (Å²) < 4.78 is -1.04. The molecule has 2 unspecified atom stereocenters. The van der Waals surface area contributed by atoms with Crippen molar-refractivity contribution in [1.82, 2.24) is 10.2 Å². The zero-order valence-electron chi connectivity index (χ0n) is 17.6. The summed E-state index contributed by atoms with van der Waals surface area (Å²) in [6.45, 7) is 5.69. The van der Waals surface area contributed by atoms with Crippen molar-refractivity contribution >= 4 is 35.2 Å². The lowest BCUT2D eigenvalue weighted by Gasteiger charge is -2.35. The van der Waals surface area contributed by atoms with E-state index >= 15 is 0 Å². The number of fused-ring (bicyclic) bond motifs is 1. The van der Waals surface area contributed by atoms with Crippen LogP contribution in [0.2, 0.25) is 0 Å². The Kier molecular flexibility index (Phi) is 5.34. The number of likely N-dealkylation sites (tertiary alicyclic amines) is 1. The van der Waals surface area contributed by atoms with Gasteiger partial charge < -0.3 is 20.6 Å². The first-order chi connectivity index (χ1) is 14.2. The van der Waals surface area contributed by atoms with Gasteiger partial charge in [0.25, 0.3) is 0 Å². The second-order valence-corrected chi connectivity index (χ2v) is 10.9.